The third kappa shape index (κ3) is 1.39. The van der Waals surface area contributed by atoms with Crippen molar-refractivity contribution in [2.75, 3.05) is 5.73 Å². The molecule has 4 N–H and O–H groups in total. The molecule has 0 spiro atoms. The van der Waals surface area contributed by atoms with Crippen molar-refractivity contribution >= 4 is 5.95 Å². The fourth-order valence-electron chi connectivity index (χ4n) is 1.16. The monoisotopic (exact) mass is 193 g/mol. The van der Waals surface area contributed by atoms with Gasteiger partial charge in [-0.05, 0) is 18.2 Å². The van der Waals surface area contributed by atoms with Crippen molar-refractivity contribution in [3.8, 4) is 17.0 Å². The summed E-state index contributed by atoms with van der Waals surface area (Å²) < 4.78 is 13.0. The maximum absolute atomic E-state index is 13.0. The second-order valence-electron chi connectivity index (χ2n) is 2.85. The number of hydrogen-bond donors (Lipinski definition) is 3. The Kier molecular flexibility index (Phi) is 1.85. The lowest BCUT2D eigenvalue weighted by atomic mass is 10.1. The Labute approximate surface area is 79.2 Å². The molecule has 1 heterocycles. The smallest absolute Gasteiger partial charge is 0.197 e. The summed E-state index contributed by atoms with van der Waals surface area (Å²) in [5.41, 5.74) is 6.57. The van der Waals surface area contributed by atoms with E-state index in [0.29, 0.717) is 11.3 Å². The molecule has 0 amide bonds. The number of aromatic nitrogens is 2. The normalized spacial score (nSPS) is 10.4. The average molecular weight is 193 g/mol. The number of anilines is 1. The van der Waals surface area contributed by atoms with Crippen molar-refractivity contribution < 1.29 is 9.50 Å². The Morgan fingerprint density at radius 1 is 1.43 bits per heavy atom. The molecule has 0 aliphatic rings. The number of nitrogens with zero attached hydrogens (tertiary/aromatic N) is 1. The minimum atomic E-state index is -0.671. The van der Waals surface area contributed by atoms with Crippen LogP contribution in [-0.2, 0) is 0 Å². The molecule has 0 atom stereocenters. The molecular formula is C9H8FN3O. The largest absolute Gasteiger partial charge is 0.505 e. The highest BCUT2D eigenvalue weighted by atomic mass is 19.1. The van der Waals surface area contributed by atoms with Crippen LogP contribution < -0.4 is 5.73 Å². The van der Waals surface area contributed by atoms with E-state index in [-0.39, 0.29) is 11.7 Å². The first kappa shape index (κ1) is 8.55. The van der Waals surface area contributed by atoms with Crippen LogP contribution >= 0.6 is 0 Å². The third-order valence-electron chi connectivity index (χ3n) is 1.85. The third-order valence-corrected chi connectivity index (χ3v) is 1.85. The summed E-state index contributed by atoms with van der Waals surface area (Å²) in [6.45, 7) is 0. The summed E-state index contributed by atoms with van der Waals surface area (Å²) in [5.74, 6) is -0.773. The Bertz CT molecular complexity index is 467. The first-order valence-corrected chi connectivity index (χ1v) is 3.96. The number of rotatable bonds is 1. The summed E-state index contributed by atoms with van der Waals surface area (Å²) in [4.78, 5) is 6.54. The predicted octanol–water partition coefficient (Wildman–Crippen LogP) is 1.50. The van der Waals surface area contributed by atoms with Gasteiger partial charge in [0, 0.05) is 5.56 Å². The Hall–Kier alpha value is -2.04. The Morgan fingerprint density at radius 2 is 2.21 bits per heavy atom. The highest BCUT2D eigenvalue weighted by Gasteiger charge is 2.05. The number of hydrogen-bond acceptors (Lipinski definition) is 3. The number of aromatic hydroxyl groups is 1. The molecule has 1 aromatic heterocycles. The summed E-state index contributed by atoms with van der Waals surface area (Å²) in [5, 5.41) is 8.97. The predicted molar refractivity (Wildman–Crippen MR) is 50.1 cm³/mol. The average Bonchev–Trinajstić information content (AvgIpc) is 2.57. The van der Waals surface area contributed by atoms with E-state index >= 15 is 0 Å². The fraction of sp³-hybridized carbons (Fsp3) is 0. The van der Waals surface area contributed by atoms with E-state index in [1.54, 1.807) is 6.07 Å². The van der Waals surface area contributed by atoms with E-state index in [4.69, 9.17) is 10.8 Å². The number of H-pyrrole nitrogens is 1. The van der Waals surface area contributed by atoms with Crippen LogP contribution in [0.2, 0.25) is 0 Å². The quantitative estimate of drug-likeness (QED) is 0.642. The van der Waals surface area contributed by atoms with Gasteiger partial charge in [-0.1, -0.05) is 0 Å². The second kappa shape index (κ2) is 3.02. The number of nitrogen functional groups attached to an aromatic ring is 1. The van der Waals surface area contributed by atoms with Gasteiger partial charge in [0.05, 0.1) is 11.9 Å². The van der Waals surface area contributed by atoms with Crippen LogP contribution in [0.25, 0.3) is 11.3 Å². The van der Waals surface area contributed by atoms with E-state index < -0.39 is 5.82 Å². The van der Waals surface area contributed by atoms with Crippen LogP contribution in [-0.4, -0.2) is 15.1 Å². The van der Waals surface area contributed by atoms with Gasteiger partial charge in [-0.15, -0.1) is 0 Å². The van der Waals surface area contributed by atoms with Gasteiger partial charge in [0.15, 0.2) is 17.5 Å². The van der Waals surface area contributed by atoms with Crippen molar-refractivity contribution in [1.29, 1.82) is 0 Å². The molecule has 0 unspecified atom stereocenters. The van der Waals surface area contributed by atoms with Crippen LogP contribution in [0.3, 0.4) is 0 Å². The zero-order valence-electron chi connectivity index (χ0n) is 7.16. The number of phenolic OH excluding ortho intramolecular Hbond substituents is 1. The molecular weight excluding hydrogens is 185 g/mol. The number of phenols is 1. The maximum atomic E-state index is 13.0. The summed E-state index contributed by atoms with van der Waals surface area (Å²) in [7, 11) is 0. The van der Waals surface area contributed by atoms with E-state index in [1.807, 2.05) is 0 Å². The molecule has 2 aromatic rings. The molecule has 2 rings (SSSR count). The van der Waals surface area contributed by atoms with Crippen molar-refractivity contribution in [2.45, 2.75) is 0 Å². The first-order chi connectivity index (χ1) is 6.66. The molecule has 72 valence electrons. The van der Waals surface area contributed by atoms with Crippen molar-refractivity contribution in [3.63, 3.8) is 0 Å². The van der Waals surface area contributed by atoms with Crippen LogP contribution in [0.4, 0.5) is 10.3 Å². The van der Waals surface area contributed by atoms with Gasteiger partial charge in [-0.3, -0.25) is 0 Å². The van der Waals surface area contributed by atoms with E-state index in [0.717, 1.165) is 0 Å². The molecule has 0 saturated carbocycles. The number of imidazole rings is 1. The molecule has 0 aliphatic heterocycles. The fourth-order valence-corrected chi connectivity index (χ4v) is 1.16. The standard InChI is InChI=1S/C9H8FN3O/c10-6-3-5(1-2-8(6)14)7-4-12-9(11)13-7/h1-4,14H,(H3,11,12,13). The highest BCUT2D eigenvalue weighted by Crippen LogP contribution is 2.23. The van der Waals surface area contributed by atoms with Crippen LogP contribution in [0, 0.1) is 5.82 Å². The van der Waals surface area contributed by atoms with Gasteiger partial charge in [-0.25, -0.2) is 9.37 Å². The highest BCUT2D eigenvalue weighted by molar-refractivity contribution is 5.61. The zero-order valence-corrected chi connectivity index (χ0v) is 7.16. The molecule has 1 aromatic carbocycles. The van der Waals surface area contributed by atoms with Crippen molar-refractivity contribution in [3.05, 3.63) is 30.2 Å². The van der Waals surface area contributed by atoms with Crippen LogP contribution in [0.1, 0.15) is 0 Å². The van der Waals surface area contributed by atoms with Gasteiger partial charge < -0.3 is 15.8 Å². The molecule has 5 heteroatoms. The van der Waals surface area contributed by atoms with Gasteiger partial charge in [0.25, 0.3) is 0 Å². The lowest BCUT2D eigenvalue weighted by Gasteiger charge is -1.98. The Morgan fingerprint density at radius 3 is 2.79 bits per heavy atom. The summed E-state index contributed by atoms with van der Waals surface area (Å²) in [6, 6.07) is 4.06. The van der Waals surface area contributed by atoms with Gasteiger partial charge >= 0.3 is 0 Å². The Balaban J connectivity index is 2.47. The van der Waals surface area contributed by atoms with Crippen molar-refractivity contribution in [2.24, 2.45) is 0 Å². The number of halogens is 1. The molecule has 0 aliphatic carbocycles. The molecule has 0 bridgehead atoms. The minimum Gasteiger partial charge on any atom is -0.505 e. The molecule has 0 radical (unpaired) electrons. The van der Waals surface area contributed by atoms with E-state index in [9.17, 15) is 4.39 Å². The van der Waals surface area contributed by atoms with Crippen molar-refractivity contribution in [1.82, 2.24) is 9.97 Å². The SMILES string of the molecule is Nc1ncc(-c2ccc(O)c(F)c2)[nH]1. The molecule has 14 heavy (non-hydrogen) atoms. The lowest BCUT2D eigenvalue weighted by Crippen LogP contribution is -1.86. The minimum absolute atomic E-state index is 0.272. The zero-order chi connectivity index (χ0) is 10.1. The lowest BCUT2D eigenvalue weighted by molar-refractivity contribution is 0.432. The van der Waals surface area contributed by atoms with Crippen LogP contribution in [0.5, 0.6) is 5.75 Å². The summed E-state index contributed by atoms with van der Waals surface area (Å²) in [6.07, 6.45) is 1.50. The first-order valence-electron chi connectivity index (χ1n) is 3.96. The number of aromatic amines is 1. The van der Waals surface area contributed by atoms with Gasteiger partial charge in [-0.2, -0.15) is 0 Å². The number of nitrogens with two attached hydrogens (primary N) is 1. The van der Waals surface area contributed by atoms with Gasteiger partial charge in [0.2, 0.25) is 0 Å². The molecule has 0 fully saturated rings. The number of benzene rings is 1. The summed E-state index contributed by atoms with van der Waals surface area (Å²) >= 11 is 0. The number of nitrogens with one attached hydrogen (secondary N) is 1. The van der Waals surface area contributed by atoms with E-state index in [1.165, 1.54) is 18.3 Å². The maximum Gasteiger partial charge on any atom is 0.197 e. The molecule has 4 nitrogen and oxygen atoms in total. The topological polar surface area (TPSA) is 74.9 Å². The molecule has 0 saturated heterocycles. The van der Waals surface area contributed by atoms with Gasteiger partial charge in [0.1, 0.15) is 0 Å². The van der Waals surface area contributed by atoms with E-state index in [2.05, 4.69) is 9.97 Å². The second-order valence-corrected chi connectivity index (χ2v) is 2.85. The van der Waals surface area contributed by atoms with Crippen LogP contribution in [0.15, 0.2) is 24.4 Å².